The summed E-state index contributed by atoms with van der Waals surface area (Å²) in [6.45, 7) is 7.63. The van der Waals surface area contributed by atoms with Crippen LogP contribution in [0, 0.1) is 5.92 Å². The quantitative estimate of drug-likeness (QED) is 0.346. The van der Waals surface area contributed by atoms with E-state index in [4.69, 9.17) is 9.15 Å². The highest BCUT2D eigenvalue weighted by Gasteiger charge is 2.30. The smallest absolute Gasteiger partial charge is 0.252 e. The fraction of sp³-hybridized carbons (Fsp3) is 0.417. The van der Waals surface area contributed by atoms with E-state index in [0.717, 1.165) is 22.4 Å². The van der Waals surface area contributed by atoms with Crippen LogP contribution in [0.2, 0.25) is 0 Å². The zero-order chi connectivity index (χ0) is 24.1. The Morgan fingerprint density at radius 2 is 2.12 bits per heavy atom. The number of nitrogens with zero attached hydrogens (tertiary/aromatic N) is 5. The van der Waals surface area contributed by atoms with Gasteiger partial charge in [0.15, 0.2) is 5.82 Å². The van der Waals surface area contributed by atoms with E-state index < -0.39 is 0 Å². The minimum atomic E-state index is -0.234. The largest absolute Gasteiger partial charge is 0.494 e. The Balaban J connectivity index is 1.68. The molecule has 0 amide bonds. The second-order valence-electron chi connectivity index (χ2n) is 8.46. The van der Waals surface area contributed by atoms with Crippen LogP contribution < -0.4 is 10.3 Å². The van der Waals surface area contributed by atoms with Gasteiger partial charge in [0.25, 0.3) is 5.56 Å². The van der Waals surface area contributed by atoms with Crippen LogP contribution in [0.5, 0.6) is 5.75 Å². The topological polar surface area (TPSA) is 122 Å². The van der Waals surface area contributed by atoms with Gasteiger partial charge in [0.05, 0.1) is 25.5 Å². The second kappa shape index (κ2) is 10.6. The molecule has 10 nitrogen and oxygen atoms in total. The van der Waals surface area contributed by atoms with Crippen LogP contribution in [0.1, 0.15) is 44.0 Å². The van der Waals surface area contributed by atoms with Crippen LogP contribution in [0.4, 0.5) is 0 Å². The number of aromatic nitrogens is 5. The van der Waals surface area contributed by atoms with Crippen molar-refractivity contribution < 1.29 is 14.3 Å². The van der Waals surface area contributed by atoms with Crippen LogP contribution in [0.25, 0.3) is 10.9 Å². The van der Waals surface area contributed by atoms with Crippen molar-refractivity contribution in [1.82, 2.24) is 30.1 Å². The van der Waals surface area contributed by atoms with Crippen LogP contribution >= 0.6 is 0 Å². The molecule has 0 bridgehead atoms. The third kappa shape index (κ3) is 5.18. The van der Waals surface area contributed by atoms with Crippen LogP contribution in [-0.2, 0) is 13.1 Å². The van der Waals surface area contributed by atoms with E-state index in [-0.39, 0.29) is 24.1 Å². The minimum absolute atomic E-state index is 0.0665. The number of nitrogens with one attached hydrogen (secondary N) is 1. The predicted octanol–water partition coefficient (Wildman–Crippen LogP) is 2.75. The lowest BCUT2D eigenvalue weighted by atomic mass is 10.0. The predicted molar refractivity (Wildman–Crippen MR) is 126 cm³/mol. The van der Waals surface area contributed by atoms with Gasteiger partial charge in [0, 0.05) is 29.6 Å². The van der Waals surface area contributed by atoms with Crippen molar-refractivity contribution in [2.75, 3.05) is 19.8 Å². The zero-order valence-electron chi connectivity index (χ0n) is 19.6. The van der Waals surface area contributed by atoms with E-state index in [0.29, 0.717) is 37.6 Å². The summed E-state index contributed by atoms with van der Waals surface area (Å²) in [7, 11) is 0. The number of furan rings is 1. The van der Waals surface area contributed by atoms with E-state index in [9.17, 15) is 9.90 Å². The molecule has 34 heavy (non-hydrogen) atoms. The molecule has 1 atom stereocenters. The molecule has 0 aliphatic carbocycles. The molecule has 0 spiro atoms. The first kappa shape index (κ1) is 23.7. The van der Waals surface area contributed by atoms with Crippen molar-refractivity contribution >= 4 is 10.9 Å². The van der Waals surface area contributed by atoms with Gasteiger partial charge >= 0.3 is 0 Å². The molecule has 0 saturated carbocycles. The van der Waals surface area contributed by atoms with Gasteiger partial charge in [-0.15, -0.1) is 5.10 Å². The second-order valence-corrected chi connectivity index (χ2v) is 8.46. The summed E-state index contributed by atoms with van der Waals surface area (Å²) < 4.78 is 12.8. The Hall–Kier alpha value is -3.50. The number of fused-ring (bicyclic) bond motifs is 1. The number of aromatic amines is 1. The lowest BCUT2D eigenvalue weighted by molar-refractivity contribution is 0.105. The maximum Gasteiger partial charge on any atom is 0.252 e. The molecule has 0 fully saturated rings. The normalized spacial score (nSPS) is 12.6. The first-order chi connectivity index (χ1) is 16.5. The van der Waals surface area contributed by atoms with Crippen molar-refractivity contribution in [3.05, 3.63) is 70.2 Å². The van der Waals surface area contributed by atoms with Gasteiger partial charge in [-0.25, -0.2) is 4.68 Å². The molecule has 0 aliphatic rings. The standard InChI is InChI=1S/C24H30N6O4/c1-4-33-19-7-8-21-17(13-19)12-18(24(32)25-21)14-29(9-10-31)22(16(2)3)23-26-27-28-30(23)15-20-6-5-11-34-20/h5-8,11-13,16,22,31H,4,9-10,14-15H2,1-3H3,(H,25,32)/t22-/m0/s1. The molecule has 10 heteroatoms. The molecule has 3 aromatic heterocycles. The number of H-pyrrole nitrogens is 1. The number of hydrogen-bond donors (Lipinski definition) is 2. The Kier molecular flexibility index (Phi) is 7.39. The Bertz CT molecular complexity index is 1260. The number of aliphatic hydroxyl groups is 1. The summed E-state index contributed by atoms with van der Waals surface area (Å²) in [5.41, 5.74) is 1.16. The molecule has 0 unspecified atom stereocenters. The zero-order valence-corrected chi connectivity index (χ0v) is 19.6. The monoisotopic (exact) mass is 466 g/mol. The Labute approximate surface area is 197 Å². The lowest BCUT2D eigenvalue weighted by Gasteiger charge is -2.33. The van der Waals surface area contributed by atoms with Crippen molar-refractivity contribution in [2.45, 2.75) is 39.9 Å². The number of ether oxygens (including phenoxy) is 1. The van der Waals surface area contributed by atoms with E-state index in [1.807, 2.05) is 48.2 Å². The Morgan fingerprint density at radius 1 is 1.26 bits per heavy atom. The molecular weight excluding hydrogens is 436 g/mol. The number of tetrazole rings is 1. The summed E-state index contributed by atoms with van der Waals surface area (Å²) in [4.78, 5) is 17.9. The van der Waals surface area contributed by atoms with Crippen LogP contribution in [0.3, 0.4) is 0 Å². The highest BCUT2D eigenvalue weighted by atomic mass is 16.5. The SMILES string of the molecule is CCOc1ccc2[nH]c(=O)c(CN(CCO)[C@H](c3nnnn3Cc3ccco3)C(C)C)cc2c1. The molecule has 180 valence electrons. The summed E-state index contributed by atoms with van der Waals surface area (Å²) >= 11 is 0. The van der Waals surface area contributed by atoms with Crippen LogP contribution in [0.15, 0.2) is 51.9 Å². The third-order valence-electron chi connectivity index (χ3n) is 5.70. The highest BCUT2D eigenvalue weighted by Crippen LogP contribution is 2.29. The average Bonchev–Trinajstić information content (AvgIpc) is 3.48. The van der Waals surface area contributed by atoms with Gasteiger partial charge in [-0.2, -0.15) is 0 Å². The fourth-order valence-corrected chi connectivity index (χ4v) is 4.24. The maximum atomic E-state index is 12.9. The van der Waals surface area contributed by atoms with Gasteiger partial charge in [-0.1, -0.05) is 13.8 Å². The maximum absolute atomic E-state index is 12.9. The third-order valence-corrected chi connectivity index (χ3v) is 5.70. The first-order valence-corrected chi connectivity index (χ1v) is 11.4. The number of benzene rings is 1. The fourth-order valence-electron chi connectivity index (χ4n) is 4.24. The van der Waals surface area contributed by atoms with Crippen molar-refractivity contribution in [1.29, 1.82) is 0 Å². The van der Waals surface area contributed by atoms with Gasteiger partial charge in [0.1, 0.15) is 18.1 Å². The summed E-state index contributed by atoms with van der Waals surface area (Å²) in [6, 6.07) is 10.9. The molecule has 0 saturated heterocycles. The van der Waals surface area contributed by atoms with Crippen molar-refractivity contribution in [3.63, 3.8) is 0 Å². The molecule has 0 radical (unpaired) electrons. The first-order valence-electron chi connectivity index (χ1n) is 11.4. The van der Waals surface area contributed by atoms with Gasteiger partial charge in [-0.05, 0) is 59.7 Å². The van der Waals surface area contributed by atoms with E-state index in [1.165, 1.54) is 0 Å². The summed E-state index contributed by atoms with van der Waals surface area (Å²) in [5.74, 6) is 2.24. The number of aliphatic hydroxyl groups excluding tert-OH is 1. The number of pyridine rings is 1. The number of rotatable bonds is 11. The van der Waals surface area contributed by atoms with Gasteiger partial charge in [0.2, 0.25) is 0 Å². The van der Waals surface area contributed by atoms with Crippen LogP contribution in [-0.4, -0.2) is 55.0 Å². The summed E-state index contributed by atoms with van der Waals surface area (Å²) in [5, 5.41) is 23.1. The molecule has 3 heterocycles. The molecule has 2 N–H and O–H groups in total. The minimum Gasteiger partial charge on any atom is -0.494 e. The molecule has 1 aromatic carbocycles. The van der Waals surface area contributed by atoms with E-state index >= 15 is 0 Å². The molecule has 4 rings (SSSR count). The number of hydrogen-bond acceptors (Lipinski definition) is 8. The summed E-state index contributed by atoms with van der Waals surface area (Å²) in [6.07, 6.45) is 1.61. The molecular formula is C24H30N6O4. The average molecular weight is 467 g/mol. The van der Waals surface area contributed by atoms with E-state index in [1.54, 1.807) is 10.9 Å². The lowest BCUT2D eigenvalue weighted by Crippen LogP contribution is -2.37. The molecule has 4 aromatic rings. The van der Waals surface area contributed by atoms with Crippen molar-refractivity contribution in [3.8, 4) is 5.75 Å². The van der Waals surface area contributed by atoms with Crippen molar-refractivity contribution in [2.24, 2.45) is 5.92 Å². The van der Waals surface area contributed by atoms with Gasteiger partial charge in [-0.3, -0.25) is 9.69 Å². The van der Waals surface area contributed by atoms with E-state index in [2.05, 4.69) is 34.4 Å². The van der Waals surface area contributed by atoms with Gasteiger partial charge < -0.3 is 19.2 Å². The highest BCUT2D eigenvalue weighted by molar-refractivity contribution is 5.80. The molecule has 0 aliphatic heterocycles. The Morgan fingerprint density at radius 3 is 2.82 bits per heavy atom.